The number of aromatic nitrogens is 1. The van der Waals surface area contributed by atoms with Crippen molar-refractivity contribution in [2.75, 3.05) is 20.3 Å². The first-order valence-corrected chi connectivity index (χ1v) is 16.1. The van der Waals surface area contributed by atoms with Crippen LogP contribution in [0.4, 0.5) is 0 Å². The van der Waals surface area contributed by atoms with Crippen LogP contribution in [-0.4, -0.2) is 30.9 Å². The molecule has 45 heavy (non-hydrogen) atoms. The maximum Gasteiger partial charge on any atom is 0.338 e. The Morgan fingerprint density at radius 3 is 2.47 bits per heavy atom. The van der Waals surface area contributed by atoms with Crippen LogP contribution < -0.4 is 29.1 Å². The third kappa shape index (κ3) is 6.82. The summed E-state index contributed by atoms with van der Waals surface area (Å²) in [6.07, 6.45) is 1.79. The van der Waals surface area contributed by atoms with Gasteiger partial charge >= 0.3 is 5.97 Å². The maximum absolute atomic E-state index is 14.0. The smallest absolute Gasteiger partial charge is 0.338 e. The first-order valence-electron chi connectivity index (χ1n) is 14.2. The average Bonchev–Trinajstić information content (AvgIpc) is 3.34. The maximum atomic E-state index is 14.0. The summed E-state index contributed by atoms with van der Waals surface area (Å²) in [6.45, 7) is 6.43. The van der Waals surface area contributed by atoms with Gasteiger partial charge in [0.25, 0.3) is 5.56 Å². The zero-order valence-electron chi connectivity index (χ0n) is 25.1. The van der Waals surface area contributed by atoms with Crippen molar-refractivity contribution < 1.29 is 23.7 Å². The third-order valence-corrected chi connectivity index (χ3v) is 8.82. The number of allylic oxidation sites excluding steroid dienone is 1. The molecule has 0 unspecified atom stereocenters. The summed E-state index contributed by atoms with van der Waals surface area (Å²) >= 11 is 3.43. The number of halogens is 1. The number of ether oxygens (including phenoxy) is 4. The number of hydrogen-bond donors (Lipinski definition) is 0. The molecule has 5 rings (SSSR count). The van der Waals surface area contributed by atoms with E-state index >= 15 is 0 Å². The lowest BCUT2D eigenvalue weighted by Gasteiger charge is -2.24. The molecule has 0 saturated carbocycles. The van der Waals surface area contributed by atoms with Crippen molar-refractivity contribution in [2.24, 2.45) is 4.99 Å². The van der Waals surface area contributed by atoms with Crippen LogP contribution in [0, 0.1) is 14.9 Å². The molecule has 0 N–H and O–H groups in total. The topological polar surface area (TPSA) is 112 Å². The van der Waals surface area contributed by atoms with Crippen molar-refractivity contribution >= 4 is 46.0 Å². The van der Waals surface area contributed by atoms with Gasteiger partial charge in [0.05, 0.1) is 57.4 Å². The van der Waals surface area contributed by atoms with E-state index in [1.54, 1.807) is 43.7 Å². The molecular formula is C34H30IN3O6S. The molecule has 0 spiro atoms. The molecule has 3 aromatic carbocycles. The van der Waals surface area contributed by atoms with Gasteiger partial charge in [-0.15, -0.1) is 0 Å². The van der Waals surface area contributed by atoms with E-state index in [0.717, 1.165) is 20.3 Å². The number of carbonyl (C=O) groups is 1. The van der Waals surface area contributed by atoms with Crippen LogP contribution in [-0.2, 0) is 16.1 Å². The number of fused-ring (bicyclic) bond motifs is 1. The van der Waals surface area contributed by atoms with E-state index in [1.165, 1.54) is 11.3 Å². The lowest BCUT2D eigenvalue weighted by Crippen LogP contribution is -2.39. The minimum absolute atomic E-state index is 0.198. The molecule has 11 heteroatoms. The SMILES string of the molecule is CCOC(=O)C1=C(C)N=c2s/c(=C\c3cc(I)c(OCc4ccc(C#N)cc4)c(OC)c3)c(=O)n2[C@@H]1c1ccc(OCC)cc1. The summed E-state index contributed by atoms with van der Waals surface area (Å²) in [4.78, 5) is 32.3. The van der Waals surface area contributed by atoms with Crippen LogP contribution in [0.2, 0.25) is 0 Å². The van der Waals surface area contributed by atoms with Crippen LogP contribution in [0.3, 0.4) is 0 Å². The molecule has 0 bridgehead atoms. The fourth-order valence-corrected chi connectivity index (χ4v) is 6.79. The van der Waals surface area contributed by atoms with Gasteiger partial charge in [-0.3, -0.25) is 9.36 Å². The second kappa shape index (κ2) is 14.1. The van der Waals surface area contributed by atoms with Crippen LogP contribution in [0.5, 0.6) is 17.2 Å². The van der Waals surface area contributed by atoms with Crippen LogP contribution >= 0.6 is 33.9 Å². The van der Waals surface area contributed by atoms with Gasteiger partial charge in [0, 0.05) is 0 Å². The summed E-state index contributed by atoms with van der Waals surface area (Å²) in [7, 11) is 1.56. The van der Waals surface area contributed by atoms with Gasteiger partial charge in [-0.25, -0.2) is 9.79 Å². The summed E-state index contributed by atoms with van der Waals surface area (Å²) in [5.41, 5.74) is 3.52. The van der Waals surface area contributed by atoms with E-state index < -0.39 is 12.0 Å². The molecule has 0 amide bonds. The number of nitriles is 1. The van der Waals surface area contributed by atoms with E-state index in [9.17, 15) is 9.59 Å². The minimum Gasteiger partial charge on any atom is -0.494 e. The monoisotopic (exact) mass is 735 g/mol. The van der Waals surface area contributed by atoms with Gasteiger partial charge in [0.1, 0.15) is 12.4 Å². The highest BCUT2D eigenvalue weighted by molar-refractivity contribution is 14.1. The summed E-state index contributed by atoms with van der Waals surface area (Å²) in [6, 6.07) is 19.7. The molecule has 1 aliphatic rings. The van der Waals surface area contributed by atoms with E-state index in [4.69, 9.17) is 24.2 Å². The van der Waals surface area contributed by atoms with Gasteiger partial charge in [0.15, 0.2) is 16.3 Å². The highest BCUT2D eigenvalue weighted by atomic mass is 127. The second-order valence-electron chi connectivity index (χ2n) is 9.94. The van der Waals surface area contributed by atoms with Gasteiger partial charge < -0.3 is 18.9 Å². The Hall–Kier alpha value is -4.41. The van der Waals surface area contributed by atoms with Crippen LogP contribution in [0.1, 0.15) is 49.1 Å². The molecule has 1 aliphatic heterocycles. The molecule has 0 fully saturated rings. The van der Waals surface area contributed by atoms with Crippen molar-refractivity contribution in [2.45, 2.75) is 33.4 Å². The molecule has 4 aromatic rings. The van der Waals surface area contributed by atoms with E-state index in [2.05, 4.69) is 33.7 Å². The predicted octanol–water partition coefficient (Wildman–Crippen LogP) is 5.26. The Labute approximate surface area is 277 Å². The first-order chi connectivity index (χ1) is 21.8. The highest BCUT2D eigenvalue weighted by Gasteiger charge is 2.33. The van der Waals surface area contributed by atoms with Crippen molar-refractivity contribution in [1.29, 1.82) is 5.26 Å². The Bertz CT molecular complexity index is 1990. The summed E-state index contributed by atoms with van der Waals surface area (Å²) in [5, 5.41) is 9.04. The lowest BCUT2D eigenvalue weighted by molar-refractivity contribution is -0.139. The van der Waals surface area contributed by atoms with Crippen LogP contribution in [0.15, 0.2) is 81.7 Å². The Balaban J connectivity index is 1.54. The molecule has 0 radical (unpaired) electrons. The van der Waals surface area contributed by atoms with Crippen molar-refractivity contribution in [3.8, 4) is 23.3 Å². The predicted molar refractivity (Wildman–Crippen MR) is 179 cm³/mol. The number of thiazole rings is 1. The van der Waals surface area contributed by atoms with Gasteiger partial charge in [0.2, 0.25) is 0 Å². The highest BCUT2D eigenvalue weighted by Crippen LogP contribution is 2.35. The zero-order valence-corrected chi connectivity index (χ0v) is 28.1. The summed E-state index contributed by atoms with van der Waals surface area (Å²) in [5.74, 6) is 1.27. The van der Waals surface area contributed by atoms with Crippen molar-refractivity contribution in [3.63, 3.8) is 0 Å². The largest absolute Gasteiger partial charge is 0.494 e. The molecule has 230 valence electrons. The fourth-order valence-electron chi connectivity index (χ4n) is 4.97. The average molecular weight is 736 g/mol. The van der Waals surface area contributed by atoms with E-state index in [-0.39, 0.29) is 12.2 Å². The molecule has 0 aliphatic carbocycles. The summed E-state index contributed by atoms with van der Waals surface area (Å²) < 4.78 is 25.6. The second-order valence-corrected chi connectivity index (χ2v) is 12.1. The normalized spacial score (nSPS) is 14.3. The number of rotatable bonds is 10. The fraction of sp³-hybridized carbons (Fsp3) is 0.235. The van der Waals surface area contributed by atoms with Crippen molar-refractivity contribution in [3.05, 3.63) is 117 Å². The number of hydrogen-bond acceptors (Lipinski definition) is 9. The quantitative estimate of drug-likeness (QED) is 0.161. The number of benzene rings is 3. The lowest BCUT2D eigenvalue weighted by atomic mass is 9.96. The van der Waals surface area contributed by atoms with E-state index in [0.29, 0.717) is 56.6 Å². The molecule has 0 saturated heterocycles. The van der Waals surface area contributed by atoms with Crippen molar-refractivity contribution in [1.82, 2.24) is 4.57 Å². The van der Waals surface area contributed by atoms with E-state index in [1.807, 2.05) is 55.5 Å². The first kappa shape index (κ1) is 32.0. The minimum atomic E-state index is -0.717. The number of methoxy groups -OCH3 is 1. The van der Waals surface area contributed by atoms with Gasteiger partial charge in [-0.05, 0) is 103 Å². The molecule has 1 aromatic heterocycles. The van der Waals surface area contributed by atoms with Gasteiger partial charge in [-0.2, -0.15) is 5.26 Å². The Morgan fingerprint density at radius 1 is 1.09 bits per heavy atom. The molecule has 9 nitrogen and oxygen atoms in total. The molecule has 2 heterocycles. The zero-order chi connectivity index (χ0) is 32.1. The Kier molecular flexibility index (Phi) is 10.0. The number of esters is 1. The number of carbonyl (C=O) groups excluding carboxylic acids is 1. The van der Waals surface area contributed by atoms with Gasteiger partial charge in [-0.1, -0.05) is 35.6 Å². The molecule has 1 atom stereocenters. The number of nitrogens with zero attached hydrogens (tertiary/aromatic N) is 3. The standard InChI is InChI=1S/C34H30IN3O6S/c1-5-42-25-13-11-24(12-14-25)30-29(33(40)43-6-2)20(3)37-34-38(30)32(39)28(45-34)17-23-15-26(35)31(27(16-23)41-4)44-19-22-9-7-21(18-36)8-10-22/h7-17,30H,5-6,19H2,1-4H3/b28-17-/t30-/m1/s1. The van der Waals surface area contributed by atoms with Crippen LogP contribution in [0.25, 0.3) is 6.08 Å². The molecular weight excluding hydrogens is 705 g/mol. The third-order valence-electron chi connectivity index (χ3n) is 7.04. The Morgan fingerprint density at radius 2 is 1.82 bits per heavy atom.